The maximum absolute atomic E-state index is 12.8. The minimum atomic E-state index is -1.22. The summed E-state index contributed by atoms with van der Waals surface area (Å²) < 4.78 is 0. The smallest absolute Gasteiger partial charge is 0.326 e. The molecule has 12 nitrogen and oxygen atoms in total. The van der Waals surface area contributed by atoms with E-state index in [1.54, 1.807) is 0 Å². The quantitative estimate of drug-likeness (QED) is 0.0728. The first-order valence-electron chi connectivity index (χ1n) is 10.5. The van der Waals surface area contributed by atoms with Crippen molar-refractivity contribution in [3.63, 3.8) is 0 Å². The third-order valence-corrected chi connectivity index (χ3v) is 5.58. The second kappa shape index (κ2) is 13.1. The maximum atomic E-state index is 12.8. The van der Waals surface area contributed by atoms with E-state index in [-0.39, 0.29) is 36.5 Å². The Hall–Kier alpha value is -2.54. The van der Waals surface area contributed by atoms with Gasteiger partial charge in [0.05, 0.1) is 6.04 Å². The van der Waals surface area contributed by atoms with Crippen LogP contribution in [0.4, 0.5) is 0 Å². The second-order valence-corrected chi connectivity index (χ2v) is 8.42. The Labute approximate surface area is 193 Å². The Bertz CT molecular complexity index is 714. The number of nitrogens with zero attached hydrogens (tertiary/aromatic N) is 2. The summed E-state index contributed by atoms with van der Waals surface area (Å²) in [5.41, 5.74) is 16.4. The third kappa shape index (κ3) is 8.19. The molecule has 32 heavy (non-hydrogen) atoms. The number of rotatable bonds is 12. The van der Waals surface area contributed by atoms with Gasteiger partial charge in [-0.1, -0.05) is 13.8 Å². The summed E-state index contributed by atoms with van der Waals surface area (Å²) in [5, 5.41) is 14.4. The number of nitrogens with one attached hydrogen (secondary N) is 2. The van der Waals surface area contributed by atoms with Gasteiger partial charge >= 0.3 is 5.97 Å². The van der Waals surface area contributed by atoms with Gasteiger partial charge in [0.25, 0.3) is 0 Å². The number of nitrogens with two attached hydrogens (primary N) is 3. The molecule has 1 heterocycles. The molecular formula is C19H35N7O5S. The number of aliphatic imine (C=N–C) groups is 1. The van der Waals surface area contributed by atoms with E-state index in [9.17, 15) is 24.3 Å². The van der Waals surface area contributed by atoms with E-state index in [4.69, 9.17) is 17.2 Å². The van der Waals surface area contributed by atoms with E-state index in [2.05, 4.69) is 28.3 Å². The molecule has 1 rings (SSSR count). The fraction of sp³-hybridized carbons (Fsp3) is 0.737. The summed E-state index contributed by atoms with van der Waals surface area (Å²) in [6, 6.07) is -3.70. The second-order valence-electron chi connectivity index (χ2n) is 8.05. The molecule has 0 aromatic rings. The van der Waals surface area contributed by atoms with Crippen molar-refractivity contribution in [3.8, 4) is 0 Å². The fourth-order valence-electron chi connectivity index (χ4n) is 3.27. The molecule has 13 heteroatoms. The summed E-state index contributed by atoms with van der Waals surface area (Å²) in [5.74, 6) is -2.95. The Morgan fingerprint density at radius 3 is 2.38 bits per heavy atom. The molecule has 3 amide bonds. The first kappa shape index (κ1) is 27.5. The zero-order valence-corrected chi connectivity index (χ0v) is 19.4. The number of aliphatic carboxylic acids is 1. The molecule has 1 fully saturated rings. The number of hydrogen-bond donors (Lipinski definition) is 7. The van der Waals surface area contributed by atoms with Gasteiger partial charge in [-0.15, -0.1) is 0 Å². The van der Waals surface area contributed by atoms with Gasteiger partial charge in [-0.2, -0.15) is 12.6 Å². The molecule has 1 aliphatic heterocycles. The van der Waals surface area contributed by atoms with Gasteiger partial charge in [0.2, 0.25) is 17.7 Å². The highest BCUT2D eigenvalue weighted by molar-refractivity contribution is 7.80. The number of guanidine groups is 1. The number of carboxylic acid groups (broad SMARTS) is 1. The number of likely N-dealkylation sites (tertiary alicyclic amines) is 1. The SMILES string of the molecule is CC(C)C(N)C(=O)N1CCCC1C(=O)NC(CS)C(=O)NC(CCCN=C(N)N)C(=O)O. The average Bonchev–Trinajstić information content (AvgIpc) is 3.22. The van der Waals surface area contributed by atoms with Crippen LogP contribution in [0.15, 0.2) is 4.99 Å². The van der Waals surface area contributed by atoms with E-state index in [0.29, 0.717) is 25.8 Å². The molecule has 182 valence electrons. The first-order chi connectivity index (χ1) is 15.0. The molecule has 0 bridgehead atoms. The summed E-state index contributed by atoms with van der Waals surface area (Å²) >= 11 is 4.11. The van der Waals surface area contributed by atoms with Crippen molar-refractivity contribution in [2.45, 2.75) is 63.7 Å². The van der Waals surface area contributed by atoms with E-state index < -0.39 is 42.0 Å². The minimum Gasteiger partial charge on any atom is -0.480 e. The summed E-state index contributed by atoms with van der Waals surface area (Å²) in [4.78, 5) is 54.7. The van der Waals surface area contributed by atoms with E-state index in [1.165, 1.54) is 4.90 Å². The first-order valence-corrected chi connectivity index (χ1v) is 11.2. The molecule has 0 spiro atoms. The highest BCUT2D eigenvalue weighted by Crippen LogP contribution is 2.20. The van der Waals surface area contributed by atoms with Gasteiger partial charge in [0.1, 0.15) is 18.1 Å². The zero-order chi connectivity index (χ0) is 24.4. The highest BCUT2D eigenvalue weighted by atomic mass is 32.1. The van der Waals surface area contributed by atoms with Crippen LogP contribution in [0.1, 0.15) is 39.5 Å². The molecule has 9 N–H and O–H groups in total. The molecule has 1 saturated heterocycles. The van der Waals surface area contributed by atoms with Crippen LogP contribution in [0.25, 0.3) is 0 Å². The van der Waals surface area contributed by atoms with Gasteiger partial charge in [0, 0.05) is 18.8 Å². The van der Waals surface area contributed by atoms with Crippen molar-refractivity contribution >= 4 is 42.3 Å². The standard InChI is InChI=1S/C19H35N7O5S/c1-10(2)14(20)17(29)26-8-4-6-13(26)16(28)25-12(9-32)15(27)24-11(18(30)31)5-3-7-23-19(21)22/h10-14,32H,3-9,20H2,1-2H3,(H,24,27)(H,25,28)(H,30,31)(H4,21,22,23). The van der Waals surface area contributed by atoms with Crippen LogP contribution in [-0.4, -0.2) is 82.7 Å². The summed E-state index contributed by atoms with van der Waals surface area (Å²) in [6.07, 6.45) is 1.53. The topological polar surface area (TPSA) is 206 Å². The molecule has 4 unspecified atom stereocenters. The van der Waals surface area contributed by atoms with Gasteiger partial charge in [0.15, 0.2) is 5.96 Å². The normalized spacial score (nSPS) is 18.5. The van der Waals surface area contributed by atoms with Crippen molar-refractivity contribution in [1.29, 1.82) is 0 Å². The molecule has 0 aliphatic carbocycles. The van der Waals surface area contributed by atoms with Crippen molar-refractivity contribution in [1.82, 2.24) is 15.5 Å². The Kier molecular flexibility index (Phi) is 11.3. The number of amides is 3. The lowest BCUT2D eigenvalue weighted by Gasteiger charge is -2.29. The number of carboxylic acids is 1. The van der Waals surface area contributed by atoms with Crippen molar-refractivity contribution in [2.24, 2.45) is 28.1 Å². The van der Waals surface area contributed by atoms with Crippen LogP contribution < -0.4 is 27.8 Å². The summed E-state index contributed by atoms with van der Waals surface area (Å²) in [6.45, 7) is 4.28. The molecule has 0 radical (unpaired) electrons. The van der Waals surface area contributed by atoms with E-state index >= 15 is 0 Å². The predicted molar refractivity (Wildman–Crippen MR) is 123 cm³/mol. The fourth-order valence-corrected chi connectivity index (χ4v) is 3.53. The van der Waals surface area contributed by atoms with Crippen LogP contribution in [0.5, 0.6) is 0 Å². The van der Waals surface area contributed by atoms with Crippen LogP contribution in [0.3, 0.4) is 0 Å². The molecule has 0 aromatic heterocycles. The lowest BCUT2D eigenvalue weighted by atomic mass is 10.0. The molecule has 1 aliphatic rings. The minimum absolute atomic E-state index is 0.0515. The van der Waals surface area contributed by atoms with Gasteiger partial charge < -0.3 is 37.8 Å². The molecule has 4 atom stereocenters. The Morgan fingerprint density at radius 1 is 1.19 bits per heavy atom. The van der Waals surface area contributed by atoms with Crippen LogP contribution in [0.2, 0.25) is 0 Å². The number of hydrogen-bond acceptors (Lipinski definition) is 7. The lowest BCUT2D eigenvalue weighted by Crippen LogP contribution is -2.57. The Morgan fingerprint density at radius 2 is 1.84 bits per heavy atom. The van der Waals surface area contributed by atoms with Crippen molar-refractivity contribution < 1.29 is 24.3 Å². The number of thiol groups is 1. The summed E-state index contributed by atoms with van der Waals surface area (Å²) in [7, 11) is 0. The monoisotopic (exact) mass is 473 g/mol. The molecule has 0 aromatic carbocycles. The van der Waals surface area contributed by atoms with Gasteiger partial charge in [-0.25, -0.2) is 4.79 Å². The van der Waals surface area contributed by atoms with Crippen molar-refractivity contribution in [3.05, 3.63) is 0 Å². The largest absolute Gasteiger partial charge is 0.480 e. The van der Waals surface area contributed by atoms with E-state index in [0.717, 1.165) is 0 Å². The van der Waals surface area contributed by atoms with Crippen LogP contribution in [-0.2, 0) is 19.2 Å². The van der Waals surface area contributed by atoms with Crippen LogP contribution in [0, 0.1) is 5.92 Å². The van der Waals surface area contributed by atoms with Crippen molar-refractivity contribution in [2.75, 3.05) is 18.8 Å². The average molecular weight is 474 g/mol. The van der Waals surface area contributed by atoms with Crippen LogP contribution >= 0.6 is 12.6 Å². The molecular weight excluding hydrogens is 438 g/mol. The lowest BCUT2D eigenvalue weighted by molar-refractivity contribution is -0.143. The maximum Gasteiger partial charge on any atom is 0.326 e. The Balaban J connectivity index is 2.74. The highest BCUT2D eigenvalue weighted by Gasteiger charge is 2.38. The van der Waals surface area contributed by atoms with Gasteiger partial charge in [-0.05, 0) is 31.6 Å². The number of carbonyl (C=O) groups is 4. The van der Waals surface area contributed by atoms with Gasteiger partial charge in [-0.3, -0.25) is 19.4 Å². The van der Waals surface area contributed by atoms with E-state index in [1.807, 2.05) is 13.8 Å². The zero-order valence-electron chi connectivity index (χ0n) is 18.5. The number of carbonyl (C=O) groups excluding carboxylic acids is 3. The predicted octanol–water partition coefficient (Wildman–Crippen LogP) is -2.00. The third-order valence-electron chi connectivity index (χ3n) is 5.22. The molecule has 0 saturated carbocycles.